The van der Waals surface area contributed by atoms with Gasteiger partial charge in [0.2, 0.25) is 0 Å². The Kier molecular flexibility index (Phi) is 2.73. The number of hydrogen-bond donors (Lipinski definition) is 1. The summed E-state index contributed by atoms with van der Waals surface area (Å²) >= 11 is 5.95. The van der Waals surface area contributed by atoms with Gasteiger partial charge < -0.3 is 0 Å². The van der Waals surface area contributed by atoms with Crippen LogP contribution in [0.25, 0.3) is 11.4 Å². The number of aromatic amines is 1. The number of H-pyrrole nitrogens is 1. The number of hydrogen-bond acceptors (Lipinski definition) is 2. The summed E-state index contributed by atoms with van der Waals surface area (Å²) in [5.74, 6) is 1.63. The maximum atomic E-state index is 5.95. The summed E-state index contributed by atoms with van der Waals surface area (Å²) in [4.78, 5) is 4.36. The standard InChI is InChI=1S/C11H12ClN3/c1-3-10-13-11(15-14-10)8-4-5-9(12)7(2)6-8/h4-6H,3H2,1-2H3,(H,13,14,15). The molecule has 1 aromatic heterocycles. The van der Waals surface area contributed by atoms with Gasteiger partial charge in [-0.05, 0) is 30.7 Å². The van der Waals surface area contributed by atoms with Crippen LogP contribution >= 0.6 is 11.6 Å². The first-order valence-corrected chi connectivity index (χ1v) is 5.26. The maximum Gasteiger partial charge on any atom is 0.181 e. The predicted octanol–water partition coefficient (Wildman–Crippen LogP) is 3.00. The molecule has 15 heavy (non-hydrogen) atoms. The molecular weight excluding hydrogens is 210 g/mol. The molecule has 4 heteroatoms. The van der Waals surface area contributed by atoms with Gasteiger partial charge in [-0.3, -0.25) is 5.10 Å². The van der Waals surface area contributed by atoms with Gasteiger partial charge in [0.25, 0.3) is 0 Å². The Morgan fingerprint density at radius 3 is 2.80 bits per heavy atom. The Balaban J connectivity index is 2.40. The minimum atomic E-state index is 0.728. The summed E-state index contributed by atoms with van der Waals surface area (Å²) in [7, 11) is 0. The van der Waals surface area contributed by atoms with E-state index in [1.807, 2.05) is 32.0 Å². The Hall–Kier alpha value is -1.35. The molecule has 0 saturated carbocycles. The van der Waals surface area contributed by atoms with E-state index in [0.29, 0.717) is 0 Å². The fourth-order valence-corrected chi connectivity index (χ4v) is 1.48. The monoisotopic (exact) mass is 221 g/mol. The maximum absolute atomic E-state index is 5.95. The van der Waals surface area contributed by atoms with Crippen LogP contribution in [0.2, 0.25) is 5.02 Å². The van der Waals surface area contributed by atoms with Gasteiger partial charge in [0.05, 0.1) is 0 Å². The molecule has 78 valence electrons. The number of rotatable bonds is 2. The van der Waals surface area contributed by atoms with Crippen molar-refractivity contribution in [3.05, 3.63) is 34.6 Å². The largest absolute Gasteiger partial charge is 0.263 e. The lowest BCUT2D eigenvalue weighted by atomic mass is 10.1. The molecule has 0 aliphatic rings. The highest BCUT2D eigenvalue weighted by Crippen LogP contribution is 2.22. The van der Waals surface area contributed by atoms with Gasteiger partial charge in [-0.15, -0.1) is 0 Å². The van der Waals surface area contributed by atoms with E-state index >= 15 is 0 Å². The topological polar surface area (TPSA) is 41.6 Å². The van der Waals surface area contributed by atoms with Crippen LogP contribution in [0.1, 0.15) is 18.3 Å². The number of nitrogens with zero attached hydrogens (tertiary/aromatic N) is 2. The predicted molar refractivity (Wildman–Crippen MR) is 60.9 cm³/mol. The van der Waals surface area contributed by atoms with E-state index in [2.05, 4.69) is 15.2 Å². The smallest absolute Gasteiger partial charge is 0.181 e. The summed E-state index contributed by atoms with van der Waals surface area (Å²) in [6, 6.07) is 5.79. The number of benzene rings is 1. The normalized spacial score (nSPS) is 10.6. The van der Waals surface area contributed by atoms with E-state index in [1.54, 1.807) is 0 Å². The van der Waals surface area contributed by atoms with Crippen molar-refractivity contribution in [2.45, 2.75) is 20.3 Å². The molecule has 0 aliphatic heterocycles. The second-order valence-electron chi connectivity index (χ2n) is 3.42. The molecule has 0 unspecified atom stereocenters. The van der Waals surface area contributed by atoms with Gasteiger partial charge in [-0.25, -0.2) is 4.98 Å². The zero-order valence-electron chi connectivity index (χ0n) is 8.71. The summed E-state index contributed by atoms with van der Waals surface area (Å²) in [6.45, 7) is 4.01. The molecular formula is C11H12ClN3. The molecule has 0 radical (unpaired) electrons. The molecule has 0 fully saturated rings. The van der Waals surface area contributed by atoms with Gasteiger partial charge in [-0.2, -0.15) is 5.10 Å². The van der Waals surface area contributed by atoms with Crippen LogP contribution in [0.4, 0.5) is 0 Å². The molecule has 1 N–H and O–H groups in total. The first-order chi connectivity index (χ1) is 7.20. The van der Waals surface area contributed by atoms with Crippen molar-refractivity contribution in [2.75, 3.05) is 0 Å². The van der Waals surface area contributed by atoms with E-state index in [1.165, 1.54) is 0 Å². The quantitative estimate of drug-likeness (QED) is 0.847. The van der Waals surface area contributed by atoms with Crippen LogP contribution in [-0.2, 0) is 6.42 Å². The molecule has 0 saturated heterocycles. The van der Waals surface area contributed by atoms with Crippen LogP contribution < -0.4 is 0 Å². The fraction of sp³-hybridized carbons (Fsp3) is 0.273. The van der Waals surface area contributed by atoms with Crippen LogP contribution in [0, 0.1) is 6.92 Å². The summed E-state index contributed by atoms with van der Waals surface area (Å²) in [5, 5.41) is 7.81. The molecule has 0 amide bonds. The van der Waals surface area contributed by atoms with E-state index in [-0.39, 0.29) is 0 Å². The summed E-state index contributed by atoms with van der Waals surface area (Å²) in [5.41, 5.74) is 2.03. The van der Waals surface area contributed by atoms with E-state index in [4.69, 9.17) is 11.6 Å². The number of aryl methyl sites for hydroxylation is 2. The SMILES string of the molecule is CCc1nc(-c2ccc(Cl)c(C)c2)n[nH]1. The summed E-state index contributed by atoms with van der Waals surface area (Å²) in [6.07, 6.45) is 0.861. The lowest BCUT2D eigenvalue weighted by Gasteiger charge is -1.99. The van der Waals surface area contributed by atoms with Crippen molar-refractivity contribution >= 4 is 11.6 Å². The zero-order chi connectivity index (χ0) is 10.8. The van der Waals surface area contributed by atoms with Crippen molar-refractivity contribution in [2.24, 2.45) is 0 Å². The van der Waals surface area contributed by atoms with Gasteiger partial charge in [0.15, 0.2) is 5.82 Å². The van der Waals surface area contributed by atoms with Gasteiger partial charge in [0, 0.05) is 17.0 Å². The highest BCUT2D eigenvalue weighted by Gasteiger charge is 2.05. The van der Waals surface area contributed by atoms with Crippen molar-refractivity contribution in [1.82, 2.24) is 15.2 Å². The molecule has 1 aromatic carbocycles. The summed E-state index contributed by atoms with van der Waals surface area (Å²) < 4.78 is 0. The van der Waals surface area contributed by atoms with Crippen molar-refractivity contribution in [3.63, 3.8) is 0 Å². The molecule has 0 aliphatic carbocycles. The van der Waals surface area contributed by atoms with Crippen LogP contribution in [0.5, 0.6) is 0 Å². The second-order valence-corrected chi connectivity index (χ2v) is 3.83. The Morgan fingerprint density at radius 1 is 1.40 bits per heavy atom. The van der Waals surface area contributed by atoms with E-state index in [0.717, 1.165) is 34.2 Å². The highest BCUT2D eigenvalue weighted by molar-refractivity contribution is 6.31. The van der Waals surface area contributed by atoms with Gasteiger partial charge in [0.1, 0.15) is 5.82 Å². The third-order valence-corrected chi connectivity index (χ3v) is 2.71. The fourth-order valence-electron chi connectivity index (χ4n) is 1.37. The van der Waals surface area contributed by atoms with Gasteiger partial charge in [-0.1, -0.05) is 18.5 Å². The lowest BCUT2D eigenvalue weighted by molar-refractivity contribution is 0.946. The molecule has 2 aromatic rings. The van der Waals surface area contributed by atoms with Crippen LogP contribution in [0.3, 0.4) is 0 Å². The van der Waals surface area contributed by atoms with Crippen molar-refractivity contribution in [3.8, 4) is 11.4 Å². The average molecular weight is 222 g/mol. The minimum Gasteiger partial charge on any atom is -0.263 e. The zero-order valence-corrected chi connectivity index (χ0v) is 9.47. The van der Waals surface area contributed by atoms with E-state index in [9.17, 15) is 0 Å². The lowest BCUT2D eigenvalue weighted by Crippen LogP contribution is -1.84. The second kappa shape index (κ2) is 4.03. The molecule has 0 spiro atoms. The molecule has 0 bridgehead atoms. The third-order valence-electron chi connectivity index (χ3n) is 2.28. The minimum absolute atomic E-state index is 0.728. The van der Waals surface area contributed by atoms with Gasteiger partial charge >= 0.3 is 0 Å². The van der Waals surface area contributed by atoms with Crippen LogP contribution in [-0.4, -0.2) is 15.2 Å². The van der Waals surface area contributed by atoms with Crippen molar-refractivity contribution in [1.29, 1.82) is 0 Å². The first kappa shape index (κ1) is 10.2. The van der Waals surface area contributed by atoms with E-state index < -0.39 is 0 Å². The number of nitrogens with one attached hydrogen (secondary N) is 1. The first-order valence-electron chi connectivity index (χ1n) is 4.88. The van der Waals surface area contributed by atoms with Crippen molar-refractivity contribution < 1.29 is 0 Å². The third kappa shape index (κ3) is 2.02. The Labute approximate surface area is 93.5 Å². The average Bonchev–Trinajstić information content (AvgIpc) is 2.70. The number of aromatic nitrogens is 3. The molecule has 0 atom stereocenters. The highest BCUT2D eigenvalue weighted by atomic mass is 35.5. The molecule has 3 nitrogen and oxygen atoms in total. The molecule has 1 heterocycles. The van der Waals surface area contributed by atoms with Crippen LogP contribution in [0.15, 0.2) is 18.2 Å². The Bertz CT molecular complexity index is 476. The Morgan fingerprint density at radius 2 is 2.20 bits per heavy atom. The molecule has 2 rings (SSSR count). The number of halogens is 1.